The molecular weight excluding hydrogens is 425 g/mol. The predicted molar refractivity (Wildman–Crippen MR) is 41.3 cm³/mol. The average molecular weight is 425 g/mol. The number of hydrogen-bond acceptors (Lipinski definition) is 6. The van der Waals surface area contributed by atoms with E-state index >= 15 is 0 Å². The molecule has 0 aromatic heterocycles. The van der Waals surface area contributed by atoms with Gasteiger partial charge in [0.05, 0.1) is 0 Å². The van der Waals surface area contributed by atoms with E-state index in [9.17, 15) is 0 Å². The van der Waals surface area contributed by atoms with Crippen molar-refractivity contribution in [2.75, 3.05) is 0 Å². The topological polar surface area (TPSA) is 143 Å². The predicted octanol–water partition coefficient (Wildman–Crippen LogP) is -0.186. The zero-order chi connectivity index (χ0) is 12.0. The van der Waals surface area contributed by atoms with Crippen molar-refractivity contribution < 1.29 is 19.8 Å². The standard InChI is InChI=1S/6CN.2K.Os/c6*1-2;;;/q6*-1;;;+6. The average Bonchev–Trinajstić information content (AvgIpc) is 2.33. The third-order valence-corrected chi connectivity index (χ3v) is 0. The van der Waals surface area contributed by atoms with Gasteiger partial charge in [-0.2, -0.15) is 0 Å². The van der Waals surface area contributed by atoms with Gasteiger partial charge in [0.15, 0.2) is 0 Å². The van der Waals surface area contributed by atoms with Gasteiger partial charge in [0.2, 0.25) is 0 Å². The van der Waals surface area contributed by atoms with Crippen molar-refractivity contribution in [3.8, 4) is 0 Å². The molecule has 0 spiro atoms. The fraction of sp³-hybridized carbons (Fsp3) is 0. The Hall–Kier alpha value is 0.849. The van der Waals surface area contributed by atoms with Crippen LogP contribution in [0.25, 0.3) is 0 Å². The maximum absolute atomic E-state index is 6.25. The van der Waals surface area contributed by atoms with Crippen molar-refractivity contribution in [3.05, 3.63) is 39.4 Å². The zero-order valence-electron chi connectivity index (χ0n) is 8.04. The van der Waals surface area contributed by atoms with Crippen LogP contribution in [0.4, 0.5) is 0 Å². The van der Waals surface area contributed by atoms with E-state index in [0.29, 0.717) is 0 Å². The van der Waals surface area contributed by atoms with Crippen LogP contribution in [-0.2, 0) is 19.8 Å². The van der Waals surface area contributed by atoms with Crippen LogP contribution in [0.1, 0.15) is 0 Å². The second kappa shape index (κ2) is 3950. The van der Waals surface area contributed by atoms with Gasteiger partial charge >= 0.3 is 19.8 Å². The van der Waals surface area contributed by atoms with Crippen molar-refractivity contribution in [1.82, 2.24) is 0 Å². The third kappa shape index (κ3) is 3400. The Morgan fingerprint density at radius 1 is 0.333 bits per heavy atom. The van der Waals surface area contributed by atoms with E-state index in [1.54, 1.807) is 0 Å². The van der Waals surface area contributed by atoms with Gasteiger partial charge < -0.3 is 71.0 Å². The van der Waals surface area contributed by atoms with Crippen molar-refractivity contribution in [2.45, 2.75) is 0 Å². The molecule has 0 aromatic carbocycles. The summed E-state index contributed by atoms with van der Waals surface area (Å²) in [5, 5.41) is 37.5. The van der Waals surface area contributed by atoms with Gasteiger partial charge in [-0.1, -0.05) is 0 Å². The molecule has 0 aliphatic rings. The maximum atomic E-state index is 6.25. The third-order valence-electron chi connectivity index (χ3n) is 0. The second-order valence-corrected chi connectivity index (χ2v) is 0. The quantitative estimate of drug-likeness (QED) is 0.390. The van der Waals surface area contributed by atoms with Crippen molar-refractivity contribution in [1.29, 1.82) is 31.6 Å². The van der Waals surface area contributed by atoms with Crippen LogP contribution < -0.4 is 0 Å². The Morgan fingerprint density at radius 3 is 0.333 bits per heavy atom. The molecule has 0 saturated heterocycles. The molecule has 0 amide bonds. The van der Waals surface area contributed by atoms with Crippen LogP contribution in [0.5, 0.6) is 0 Å². The van der Waals surface area contributed by atoms with Crippen LogP contribution in [0.2, 0.25) is 0 Å². The molecule has 0 rings (SSSR count). The summed E-state index contributed by atoms with van der Waals surface area (Å²) in [4.78, 5) is 0. The summed E-state index contributed by atoms with van der Waals surface area (Å²) in [6, 6.07) is 0. The first kappa shape index (κ1) is 74.5. The Balaban J connectivity index is -0.00000000396. The van der Waals surface area contributed by atoms with Gasteiger partial charge in [-0.25, -0.2) is 0 Å². The molecular formula is C6K2N6Os. The van der Waals surface area contributed by atoms with Crippen LogP contribution in [0, 0.1) is 71.0 Å². The smallest absolute Gasteiger partial charge is 0.512 e. The molecule has 0 bridgehead atoms. The van der Waals surface area contributed by atoms with Gasteiger partial charge in [0, 0.05) is 103 Å². The number of rotatable bonds is 0. The van der Waals surface area contributed by atoms with E-state index in [0.717, 1.165) is 0 Å². The fourth-order valence-corrected chi connectivity index (χ4v) is 0. The molecule has 0 saturated carbocycles. The van der Waals surface area contributed by atoms with Gasteiger partial charge in [0.25, 0.3) is 0 Å². The molecule has 64 valence electrons. The Kier molecular flexibility index (Phi) is 19600. The molecule has 0 fully saturated rings. The zero-order valence-corrected chi connectivity index (χ0v) is 16.8. The molecule has 0 atom stereocenters. The normalized spacial score (nSPS) is 0.800. The van der Waals surface area contributed by atoms with Gasteiger partial charge in [-0.15, -0.1) is 0 Å². The molecule has 0 N–H and O–H groups in total. The molecule has 6 nitrogen and oxygen atoms in total. The minimum Gasteiger partial charge on any atom is -0.512 e. The van der Waals surface area contributed by atoms with E-state index in [-0.39, 0.29) is 123 Å². The summed E-state index contributed by atoms with van der Waals surface area (Å²) < 4.78 is 0. The first-order chi connectivity index (χ1) is 6.00. The monoisotopic (exact) mass is 426 g/mol. The van der Waals surface area contributed by atoms with Crippen LogP contribution in [0.15, 0.2) is 0 Å². The molecule has 0 aromatic rings. The molecule has 9 heteroatoms. The van der Waals surface area contributed by atoms with E-state index in [1.165, 1.54) is 0 Å². The van der Waals surface area contributed by atoms with Crippen LogP contribution >= 0.6 is 0 Å². The first-order valence-electron chi connectivity index (χ1n) is 1.34. The van der Waals surface area contributed by atoms with E-state index in [4.69, 9.17) is 71.0 Å². The summed E-state index contributed by atoms with van der Waals surface area (Å²) in [5.74, 6) is 0. The Labute approximate surface area is 189 Å². The van der Waals surface area contributed by atoms with Crippen LogP contribution in [-0.4, -0.2) is 103 Å². The summed E-state index contributed by atoms with van der Waals surface area (Å²) in [7, 11) is 0. The Bertz CT molecular complexity index is 101. The minimum absolute atomic E-state index is 0. The number of nitrogens with zero attached hydrogens (tertiary/aromatic N) is 6. The maximum Gasteiger partial charge on any atom is 6.00 e. The molecule has 15 heavy (non-hydrogen) atoms. The molecule has 2 radical (unpaired) electrons. The largest absolute Gasteiger partial charge is 6.00 e. The summed E-state index contributed by atoms with van der Waals surface area (Å²) in [6.45, 7) is 28.5. The van der Waals surface area contributed by atoms with Gasteiger partial charge in [0.1, 0.15) is 0 Å². The van der Waals surface area contributed by atoms with Crippen molar-refractivity contribution in [2.24, 2.45) is 0 Å². The van der Waals surface area contributed by atoms with E-state index in [1.807, 2.05) is 0 Å². The molecule has 0 heterocycles. The summed E-state index contributed by atoms with van der Waals surface area (Å²) >= 11 is 0. The molecule has 0 aliphatic heterocycles. The summed E-state index contributed by atoms with van der Waals surface area (Å²) in [6.07, 6.45) is 0. The fourth-order valence-electron chi connectivity index (χ4n) is 0. The van der Waals surface area contributed by atoms with Gasteiger partial charge in [-0.05, 0) is 0 Å². The second-order valence-electron chi connectivity index (χ2n) is 0. The molecule has 0 unspecified atom stereocenters. The van der Waals surface area contributed by atoms with E-state index in [2.05, 4.69) is 0 Å². The van der Waals surface area contributed by atoms with Crippen molar-refractivity contribution in [3.63, 3.8) is 0 Å². The first-order valence-corrected chi connectivity index (χ1v) is 1.34. The minimum atomic E-state index is 0. The summed E-state index contributed by atoms with van der Waals surface area (Å²) in [5.41, 5.74) is 0. The molecule has 0 aliphatic carbocycles. The van der Waals surface area contributed by atoms with E-state index < -0.39 is 0 Å². The number of hydrogen-bond donors (Lipinski definition) is 0. The van der Waals surface area contributed by atoms with Gasteiger partial charge in [-0.3, -0.25) is 0 Å². The van der Waals surface area contributed by atoms with Crippen LogP contribution in [0.3, 0.4) is 0 Å². The van der Waals surface area contributed by atoms with Crippen molar-refractivity contribution >= 4 is 103 Å². The SMILES string of the molecule is [C-]#N.[C-]#N.[C-]#N.[C-]#N.[C-]#N.[C-]#N.[K].[K].[Os+6]. The Morgan fingerprint density at radius 2 is 0.333 bits per heavy atom.